The molecule has 0 bridgehead atoms. The third-order valence-corrected chi connectivity index (χ3v) is 4.05. The maximum absolute atomic E-state index is 12.1. The van der Waals surface area contributed by atoms with Crippen molar-refractivity contribution in [2.75, 3.05) is 19.6 Å². The summed E-state index contributed by atoms with van der Waals surface area (Å²) in [5, 5.41) is 2.76. The van der Waals surface area contributed by atoms with Crippen molar-refractivity contribution in [1.82, 2.24) is 10.2 Å². The van der Waals surface area contributed by atoms with Crippen LogP contribution in [0.5, 0.6) is 0 Å². The van der Waals surface area contributed by atoms with Gasteiger partial charge in [-0.2, -0.15) is 0 Å². The second kappa shape index (κ2) is 7.86. The van der Waals surface area contributed by atoms with Gasteiger partial charge in [0.15, 0.2) is 5.76 Å². The van der Waals surface area contributed by atoms with Crippen molar-refractivity contribution in [3.8, 4) is 0 Å². The highest BCUT2D eigenvalue weighted by molar-refractivity contribution is 5.91. The second-order valence-electron chi connectivity index (χ2n) is 5.59. The number of carbonyl (C=O) groups excluding carboxylic acids is 2. The molecule has 0 aromatic carbocycles. The molecule has 1 aromatic rings. The third kappa shape index (κ3) is 4.62. The summed E-state index contributed by atoms with van der Waals surface area (Å²) >= 11 is 0. The lowest BCUT2D eigenvalue weighted by atomic mass is 9.95. The van der Waals surface area contributed by atoms with Gasteiger partial charge in [0.2, 0.25) is 5.91 Å². The molecule has 2 rings (SSSR count). The van der Waals surface area contributed by atoms with E-state index in [1.165, 1.54) is 12.7 Å². The van der Waals surface area contributed by atoms with Gasteiger partial charge in [-0.05, 0) is 37.3 Å². The molecule has 2 amide bonds. The van der Waals surface area contributed by atoms with Crippen LogP contribution in [-0.4, -0.2) is 36.3 Å². The van der Waals surface area contributed by atoms with Crippen LogP contribution >= 0.6 is 0 Å². The highest BCUT2D eigenvalue weighted by atomic mass is 16.3. The Morgan fingerprint density at radius 1 is 1.48 bits per heavy atom. The Balaban J connectivity index is 1.64. The van der Waals surface area contributed by atoms with E-state index in [4.69, 9.17) is 4.42 Å². The van der Waals surface area contributed by atoms with Gasteiger partial charge in [-0.1, -0.05) is 13.3 Å². The van der Waals surface area contributed by atoms with Crippen molar-refractivity contribution in [3.63, 3.8) is 0 Å². The molecular weight excluding hydrogens is 268 g/mol. The molecule has 1 aliphatic heterocycles. The average molecular weight is 292 g/mol. The van der Waals surface area contributed by atoms with E-state index in [2.05, 4.69) is 12.2 Å². The zero-order valence-electron chi connectivity index (χ0n) is 12.6. The van der Waals surface area contributed by atoms with E-state index in [-0.39, 0.29) is 11.8 Å². The molecule has 1 unspecified atom stereocenters. The van der Waals surface area contributed by atoms with E-state index >= 15 is 0 Å². The predicted molar refractivity (Wildman–Crippen MR) is 79.9 cm³/mol. The van der Waals surface area contributed by atoms with Gasteiger partial charge in [0.05, 0.1) is 6.26 Å². The molecule has 2 heterocycles. The minimum atomic E-state index is -0.225. The van der Waals surface area contributed by atoms with E-state index < -0.39 is 0 Å². The van der Waals surface area contributed by atoms with Gasteiger partial charge >= 0.3 is 0 Å². The van der Waals surface area contributed by atoms with E-state index in [0.717, 1.165) is 25.9 Å². The molecule has 0 radical (unpaired) electrons. The smallest absolute Gasteiger partial charge is 0.286 e. The molecule has 0 saturated carbocycles. The molecule has 21 heavy (non-hydrogen) atoms. The first kappa shape index (κ1) is 15.6. The van der Waals surface area contributed by atoms with E-state index in [9.17, 15) is 9.59 Å². The van der Waals surface area contributed by atoms with Crippen LogP contribution in [0.25, 0.3) is 0 Å². The molecule has 1 saturated heterocycles. The summed E-state index contributed by atoms with van der Waals surface area (Å²) in [6, 6.07) is 3.30. The Kier molecular flexibility index (Phi) is 5.84. The van der Waals surface area contributed by atoms with E-state index in [0.29, 0.717) is 31.1 Å². The fourth-order valence-corrected chi connectivity index (χ4v) is 2.72. The number of nitrogens with one attached hydrogen (secondary N) is 1. The molecule has 116 valence electrons. The predicted octanol–water partition coefficient (Wildman–Crippen LogP) is 2.44. The summed E-state index contributed by atoms with van der Waals surface area (Å²) < 4.78 is 5.01. The summed E-state index contributed by atoms with van der Waals surface area (Å²) in [4.78, 5) is 25.7. The quantitative estimate of drug-likeness (QED) is 0.819. The molecular formula is C16H24N2O3. The van der Waals surface area contributed by atoms with Crippen LogP contribution in [0.4, 0.5) is 0 Å². The number of likely N-dealkylation sites (tertiary alicyclic amines) is 1. The number of furan rings is 1. The standard InChI is InChI=1S/C16H24N2O3/c1-2-13-6-4-10-18(12-13)15(19)8-3-9-17-16(20)14-7-5-11-21-14/h5,7,11,13H,2-4,6,8-10,12H2,1H3,(H,17,20). The number of amides is 2. The van der Waals surface area contributed by atoms with Crippen LogP contribution in [-0.2, 0) is 4.79 Å². The minimum Gasteiger partial charge on any atom is -0.459 e. The van der Waals surface area contributed by atoms with Gasteiger partial charge in [-0.25, -0.2) is 0 Å². The Morgan fingerprint density at radius 3 is 3.05 bits per heavy atom. The zero-order valence-corrected chi connectivity index (χ0v) is 12.6. The van der Waals surface area contributed by atoms with Crippen LogP contribution in [0.1, 0.15) is 49.6 Å². The summed E-state index contributed by atoms with van der Waals surface area (Å²) in [6.45, 7) is 4.46. The Morgan fingerprint density at radius 2 is 2.33 bits per heavy atom. The monoisotopic (exact) mass is 292 g/mol. The van der Waals surface area contributed by atoms with Crippen molar-refractivity contribution in [2.45, 2.75) is 39.0 Å². The van der Waals surface area contributed by atoms with Crippen molar-refractivity contribution >= 4 is 11.8 Å². The minimum absolute atomic E-state index is 0.209. The maximum atomic E-state index is 12.1. The summed E-state index contributed by atoms with van der Waals surface area (Å²) in [5.41, 5.74) is 0. The van der Waals surface area contributed by atoms with E-state index in [1.807, 2.05) is 4.90 Å². The van der Waals surface area contributed by atoms with Crippen LogP contribution in [0.15, 0.2) is 22.8 Å². The lowest BCUT2D eigenvalue weighted by molar-refractivity contribution is -0.133. The highest BCUT2D eigenvalue weighted by Gasteiger charge is 2.21. The van der Waals surface area contributed by atoms with Crippen LogP contribution in [0.3, 0.4) is 0 Å². The summed E-state index contributed by atoms with van der Waals surface area (Å²) in [5.74, 6) is 0.946. The first-order valence-corrected chi connectivity index (χ1v) is 7.80. The second-order valence-corrected chi connectivity index (χ2v) is 5.59. The topological polar surface area (TPSA) is 62.6 Å². The Hall–Kier alpha value is -1.78. The van der Waals surface area contributed by atoms with Crippen molar-refractivity contribution in [3.05, 3.63) is 24.2 Å². The lowest BCUT2D eigenvalue weighted by Gasteiger charge is -2.32. The van der Waals surface area contributed by atoms with Gasteiger partial charge in [0, 0.05) is 26.1 Å². The first-order valence-electron chi connectivity index (χ1n) is 7.80. The molecule has 1 fully saturated rings. The summed E-state index contributed by atoms with van der Waals surface area (Å²) in [7, 11) is 0. The van der Waals surface area contributed by atoms with Gasteiger partial charge < -0.3 is 14.6 Å². The molecule has 1 aromatic heterocycles. The molecule has 5 nitrogen and oxygen atoms in total. The normalized spacial score (nSPS) is 18.5. The number of hydrogen-bond acceptors (Lipinski definition) is 3. The first-order chi connectivity index (χ1) is 10.2. The van der Waals surface area contributed by atoms with Crippen molar-refractivity contribution in [2.24, 2.45) is 5.92 Å². The largest absolute Gasteiger partial charge is 0.459 e. The van der Waals surface area contributed by atoms with Gasteiger partial charge in [-0.3, -0.25) is 9.59 Å². The number of nitrogens with zero attached hydrogens (tertiary/aromatic N) is 1. The fourth-order valence-electron chi connectivity index (χ4n) is 2.72. The molecule has 1 aliphatic rings. The number of hydrogen-bond donors (Lipinski definition) is 1. The molecule has 1 atom stereocenters. The number of carbonyl (C=O) groups is 2. The van der Waals surface area contributed by atoms with E-state index in [1.54, 1.807) is 12.1 Å². The van der Waals surface area contributed by atoms with Gasteiger partial charge in [0.25, 0.3) is 5.91 Å². The van der Waals surface area contributed by atoms with Crippen molar-refractivity contribution in [1.29, 1.82) is 0 Å². The Bertz CT molecular complexity index is 456. The SMILES string of the molecule is CCC1CCCN(C(=O)CCCNC(=O)c2ccco2)C1. The fraction of sp³-hybridized carbons (Fsp3) is 0.625. The Labute approximate surface area is 125 Å². The molecule has 1 N–H and O–H groups in total. The molecule has 0 spiro atoms. The maximum Gasteiger partial charge on any atom is 0.286 e. The molecule has 5 heteroatoms. The zero-order chi connectivity index (χ0) is 15.1. The van der Waals surface area contributed by atoms with Gasteiger partial charge in [-0.15, -0.1) is 0 Å². The van der Waals surface area contributed by atoms with Gasteiger partial charge in [0.1, 0.15) is 0 Å². The molecule has 0 aliphatic carbocycles. The average Bonchev–Trinajstić information content (AvgIpc) is 3.05. The number of piperidine rings is 1. The lowest BCUT2D eigenvalue weighted by Crippen LogP contribution is -2.40. The van der Waals surface area contributed by atoms with Crippen LogP contribution < -0.4 is 5.32 Å². The van der Waals surface area contributed by atoms with Crippen LogP contribution in [0, 0.1) is 5.92 Å². The van der Waals surface area contributed by atoms with Crippen molar-refractivity contribution < 1.29 is 14.0 Å². The number of rotatable bonds is 6. The van der Waals surface area contributed by atoms with Crippen LogP contribution in [0.2, 0.25) is 0 Å². The highest BCUT2D eigenvalue weighted by Crippen LogP contribution is 2.19. The third-order valence-electron chi connectivity index (χ3n) is 4.05. The summed E-state index contributed by atoms with van der Waals surface area (Å²) in [6.07, 6.45) is 6.12.